The topological polar surface area (TPSA) is 53.2 Å². The first-order valence-corrected chi connectivity index (χ1v) is 9.16. The van der Waals surface area contributed by atoms with Crippen LogP contribution in [0.2, 0.25) is 0 Å². The fourth-order valence-electron chi connectivity index (χ4n) is 3.14. The van der Waals surface area contributed by atoms with Crippen LogP contribution in [0.25, 0.3) is 22.3 Å². The van der Waals surface area contributed by atoms with Crippen molar-refractivity contribution in [2.45, 2.75) is 0 Å². The number of methoxy groups -OCH3 is 3. The van der Waals surface area contributed by atoms with Crippen LogP contribution < -0.4 is 19.6 Å². The Labute approximate surface area is 168 Å². The van der Waals surface area contributed by atoms with E-state index in [2.05, 4.69) is 0 Å². The van der Waals surface area contributed by atoms with Gasteiger partial charge in [0.2, 0.25) is 0 Å². The number of hydrogen-bond donors (Lipinski definition) is 0. The largest absolute Gasteiger partial charge is 0.497 e. The monoisotopic (exact) mass is 387 g/mol. The van der Waals surface area contributed by atoms with Crippen molar-refractivity contribution in [3.8, 4) is 28.6 Å². The van der Waals surface area contributed by atoms with Crippen LogP contribution in [0.1, 0.15) is 0 Å². The Bertz CT molecular complexity index is 1210. The van der Waals surface area contributed by atoms with Crippen LogP contribution >= 0.6 is 0 Å². The molecule has 0 aliphatic heterocycles. The summed E-state index contributed by atoms with van der Waals surface area (Å²) in [6.07, 6.45) is 0. The molecule has 0 amide bonds. The molecule has 0 aliphatic carbocycles. The Morgan fingerprint density at radius 2 is 1.52 bits per heavy atom. The van der Waals surface area contributed by atoms with Crippen LogP contribution in [-0.4, -0.2) is 21.3 Å². The third-order valence-corrected chi connectivity index (χ3v) is 4.62. The SMILES string of the molecule is COc1ccc2oc(-c3ccc(OC)c(OC)c3)cc(=Nc3ccccc3)c2c1. The van der Waals surface area contributed by atoms with E-state index in [0.29, 0.717) is 22.8 Å². The van der Waals surface area contributed by atoms with Gasteiger partial charge in [0.1, 0.15) is 17.1 Å². The van der Waals surface area contributed by atoms with Crippen LogP contribution in [-0.2, 0) is 0 Å². The minimum absolute atomic E-state index is 0.636. The lowest BCUT2D eigenvalue weighted by atomic mass is 10.1. The highest BCUT2D eigenvalue weighted by Crippen LogP contribution is 2.33. The van der Waals surface area contributed by atoms with Crippen molar-refractivity contribution in [2.75, 3.05) is 21.3 Å². The zero-order chi connectivity index (χ0) is 20.2. The standard InChI is InChI=1S/C24H21NO4/c1-26-18-10-12-21-19(14-18)20(25-17-7-5-4-6-8-17)15-23(29-21)16-9-11-22(27-2)24(13-16)28-3/h4-15H,1-3H3. The molecule has 5 nitrogen and oxygen atoms in total. The van der Waals surface area contributed by atoms with E-state index in [9.17, 15) is 0 Å². The normalized spacial score (nSPS) is 11.5. The van der Waals surface area contributed by atoms with Crippen LogP contribution in [0, 0.1) is 0 Å². The van der Waals surface area contributed by atoms with Gasteiger partial charge in [-0.1, -0.05) is 18.2 Å². The summed E-state index contributed by atoms with van der Waals surface area (Å²) in [6.45, 7) is 0. The highest BCUT2D eigenvalue weighted by molar-refractivity contribution is 5.80. The van der Waals surface area contributed by atoms with Crippen molar-refractivity contribution in [1.82, 2.24) is 0 Å². The molecule has 0 radical (unpaired) electrons. The average molecular weight is 387 g/mol. The number of rotatable bonds is 5. The van der Waals surface area contributed by atoms with Crippen molar-refractivity contribution in [3.05, 3.63) is 78.2 Å². The van der Waals surface area contributed by atoms with Gasteiger partial charge in [0.15, 0.2) is 11.5 Å². The maximum absolute atomic E-state index is 6.19. The zero-order valence-electron chi connectivity index (χ0n) is 16.5. The second-order valence-corrected chi connectivity index (χ2v) is 6.38. The molecule has 1 aromatic heterocycles. The van der Waals surface area contributed by atoms with E-state index < -0.39 is 0 Å². The van der Waals surface area contributed by atoms with E-state index >= 15 is 0 Å². The Hall–Kier alpha value is -3.73. The second kappa shape index (κ2) is 8.10. The third-order valence-electron chi connectivity index (χ3n) is 4.62. The van der Waals surface area contributed by atoms with Gasteiger partial charge in [0, 0.05) is 17.0 Å². The van der Waals surface area contributed by atoms with Crippen molar-refractivity contribution in [1.29, 1.82) is 0 Å². The molecule has 4 aromatic rings. The molecule has 0 spiro atoms. The lowest BCUT2D eigenvalue weighted by Crippen LogP contribution is -2.03. The van der Waals surface area contributed by atoms with Crippen LogP contribution in [0.4, 0.5) is 5.69 Å². The van der Waals surface area contributed by atoms with Gasteiger partial charge in [-0.2, -0.15) is 0 Å². The molecule has 0 saturated carbocycles. The lowest BCUT2D eigenvalue weighted by Gasteiger charge is -2.10. The molecule has 0 fully saturated rings. The fraction of sp³-hybridized carbons (Fsp3) is 0.125. The summed E-state index contributed by atoms with van der Waals surface area (Å²) in [5.74, 6) is 2.72. The molecule has 0 bridgehead atoms. The number of fused-ring (bicyclic) bond motifs is 1. The van der Waals surface area contributed by atoms with Crippen LogP contribution in [0.3, 0.4) is 0 Å². The van der Waals surface area contributed by atoms with Gasteiger partial charge < -0.3 is 18.6 Å². The van der Waals surface area contributed by atoms with Crippen LogP contribution in [0.15, 0.2) is 82.2 Å². The van der Waals surface area contributed by atoms with E-state index in [4.69, 9.17) is 23.6 Å². The maximum atomic E-state index is 6.19. The summed E-state index contributed by atoms with van der Waals surface area (Å²) in [4.78, 5) is 4.84. The molecule has 4 rings (SSSR count). The summed E-state index contributed by atoms with van der Waals surface area (Å²) in [5.41, 5.74) is 2.44. The number of benzene rings is 3. The molecule has 3 aromatic carbocycles. The Kier molecular flexibility index (Phi) is 5.20. The summed E-state index contributed by atoms with van der Waals surface area (Å²) in [5, 5.41) is 1.67. The van der Waals surface area contributed by atoms with Gasteiger partial charge in [-0.05, 0) is 48.5 Å². The molecule has 0 N–H and O–H groups in total. The highest BCUT2D eigenvalue weighted by Gasteiger charge is 2.11. The minimum Gasteiger partial charge on any atom is -0.497 e. The number of hydrogen-bond acceptors (Lipinski definition) is 5. The van der Waals surface area contributed by atoms with E-state index in [1.807, 2.05) is 72.8 Å². The Morgan fingerprint density at radius 3 is 2.24 bits per heavy atom. The van der Waals surface area contributed by atoms with Crippen molar-refractivity contribution >= 4 is 16.7 Å². The van der Waals surface area contributed by atoms with Gasteiger partial charge in [0.05, 0.1) is 32.4 Å². The molecular formula is C24H21NO4. The predicted molar refractivity (Wildman–Crippen MR) is 113 cm³/mol. The van der Waals surface area contributed by atoms with Gasteiger partial charge in [-0.15, -0.1) is 0 Å². The average Bonchev–Trinajstić information content (AvgIpc) is 2.78. The molecule has 1 heterocycles. The van der Waals surface area contributed by atoms with Gasteiger partial charge >= 0.3 is 0 Å². The lowest BCUT2D eigenvalue weighted by molar-refractivity contribution is 0.355. The summed E-state index contributed by atoms with van der Waals surface area (Å²) in [6, 6.07) is 23.1. The van der Waals surface area contributed by atoms with Crippen molar-refractivity contribution in [3.63, 3.8) is 0 Å². The molecule has 0 atom stereocenters. The number of para-hydroxylation sites is 1. The van der Waals surface area contributed by atoms with E-state index in [0.717, 1.165) is 27.7 Å². The Morgan fingerprint density at radius 1 is 0.724 bits per heavy atom. The minimum atomic E-state index is 0.636. The maximum Gasteiger partial charge on any atom is 0.161 e. The van der Waals surface area contributed by atoms with Crippen LogP contribution in [0.5, 0.6) is 17.2 Å². The predicted octanol–water partition coefficient (Wildman–Crippen LogP) is 5.36. The first kappa shape index (κ1) is 18.6. The Balaban J connectivity index is 1.96. The summed E-state index contributed by atoms with van der Waals surface area (Å²) in [7, 11) is 4.87. The number of ether oxygens (including phenoxy) is 3. The molecule has 0 aliphatic rings. The smallest absolute Gasteiger partial charge is 0.161 e. The second-order valence-electron chi connectivity index (χ2n) is 6.38. The molecule has 146 valence electrons. The third kappa shape index (κ3) is 3.80. The molecule has 5 heteroatoms. The first-order valence-electron chi connectivity index (χ1n) is 9.16. The van der Waals surface area contributed by atoms with Gasteiger partial charge in [0.25, 0.3) is 0 Å². The molecular weight excluding hydrogens is 366 g/mol. The zero-order valence-corrected chi connectivity index (χ0v) is 16.5. The van der Waals surface area contributed by atoms with E-state index in [1.54, 1.807) is 21.3 Å². The highest BCUT2D eigenvalue weighted by atomic mass is 16.5. The van der Waals surface area contributed by atoms with Gasteiger partial charge in [-0.3, -0.25) is 0 Å². The van der Waals surface area contributed by atoms with E-state index in [-0.39, 0.29) is 0 Å². The molecule has 0 unspecified atom stereocenters. The fourth-order valence-corrected chi connectivity index (χ4v) is 3.14. The van der Waals surface area contributed by atoms with Gasteiger partial charge in [-0.25, -0.2) is 4.99 Å². The summed E-state index contributed by atoms with van der Waals surface area (Å²) >= 11 is 0. The van der Waals surface area contributed by atoms with Crippen molar-refractivity contribution in [2.24, 2.45) is 4.99 Å². The quantitative estimate of drug-likeness (QED) is 0.463. The number of nitrogens with zero attached hydrogens (tertiary/aromatic N) is 1. The summed E-state index contributed by atoms with van der Waals surface area (Å²) < 4.78 is 22.3. The molecule has 29 heavy (non-hydrogen) atoms. The first-order chi connectivity index (χ1) is 14.2. The van der Waals surface area contributed by atoms with E-state index in [1.165, 1.54) is 0 Å². The molecule has 0 saturated heterocycles. The van der Waals surface area contributed by atoms with Crippen molar-refractivity contribution < 1.29 is 18.6 Å².